The fourth-order valence-electron chi connectivity index (χ4n) is 3.42. The smallest absolute Gasteiger partial charge is 0.338 e. The highest BCUT2D eigenvalue weighted by Crippen LogP contribution is 2.43. The van der Waals surface area contributed by atoms with Crippen molar-refractivity contribution >= 4 is 39.6 Å². The standard InChI is InChI=1S/C22H29BrN4O4S/c1-7-9-32-22-25-21-24-13(5)17(20(28)31-12(3)4)18(27(21)26-22)14-10-15(23)19(30-8-2)16(11-14)29-6/h10-12,18H,7-9H2,1-6H3,(H,24,25,26). The summed E-state index contributed by atoms with van der Waals surface area (Å²) in [5.74, 6) is 2.26. The van der Waals surface area contributed by atoms with Crippen LogP contribution in [0.25, 0.3) is 0 Å². The van der Waals surface area contributed by atoms with Crippen LogP contribution in [-0.4, -0.2) is 46.3 Å². The van der Waals surface area contributed by atoms with Gasteiger partial charge in [-0.2, -0.15) is 4.98 Å². The number of fused-ring (bicyclic) bond motifs is 1. The third-order valence-electron chi connectivity index (χ3n) is 4.69. The van der Waals surface area contributed by atoms with Gasteiger partial charge < -0.3 is 19.5 Å². The number of rotatable bonds is 9. The van der Waals surface area contributed by atoms with Gasteiger partial charge in [0.1, 0.15) is 6.04 Å². The van der Waals surface area contributed by atoms with Gasteiger partial charge in [0, 0.05) is 11.4 Å². The fourth-order valence-corrected chi connectivity index (χ4v) is 4.68. The van der Waals surface area contributed by atoms with E-state index < -0.39 is 12.0 Å². The van der Waals surface area contributed by atoms with Crippen LogP contribution in [0.2, 0.25) is 0 Å². The van der Waals surface area contributed by atoms with Gasteiger partial charge in [-0.25, -0.2) is 9.48 Å². The lowest BCUT2D eigenvalue weighted by atomic mass is 9.95. The lowest BCUT2D eigenvalue weighted by molar-refractivity contribution is -0.143. The molecular weight excluding hydrogens is 496 g/mol. The first kappa shape index (κ1) is 24.4. The van der Waals surface area contributed by atoms with Crippen LogP contribution in [0.5, 0.6) is 11.5 Å². The van der Waals surface area contributed by atoms with E-state index >= 15 is 0 Å². The van der Waals surface area contributed by atoms with Crippen LogP contribution in [0, 0.1) is 0 Å². The van der Waals surface area contributed by atoms with Crippen molar-refractivity contribution in [1.82, 2.24) is 14.8 Å². The maximum Gasteiger partial charge on any atom is 0.338 e. The molecule has 2 aromatic rings. The molecule has 0 radical (unpaired) electrons. The van der Waals surface area contributed by atoms with Crippen molar-refractivity contribution in [1.29, 1.82) is 0 Å². The number of benzene rings is 1. The van der Waals surface area contributed by atoms with Crippen LogP contribution in [0.3, 0.4) is 0 Å². The minimum absolute atomic E-state index is 0.252. The van der Waals surface area contributed by atoms with Crippen LogP contribution in [-0.2, 0) is 9.53 Å². The summed E-state index contributed by atoms with van der Waals surface area (Å²) in [5, 5.41) is 8.59. The zero-order valence-electron chi connectivity index (χ0n) is 19.2. The predicted octanol–water partition coefficient (Wildman–Crippen LogP) is 5.19. The van der Waals surface area contributed by atoms with Crippen molar-refractivity contribution in [2.75, 3.05) is 24.8 Å². The molecule has 0 bridgehead atoms. The van der Waals surface area contributed by atoms with E-state index in [4.69, 9.17) is 19.3 Å². The molecule has 1 N–H and O–H groups in total. The Bertz CT molecular complexity index is 1020. The highest BCUT2D eigenvalue weighted by molar-refractivity contribution is 9.10. The maximum atomic E-state index is 13.1. The third-order valence-corrected chi connectivity index (χ3v) is 6.32. The molecule has 0 saturated heterocycles. The van der Waals surface area contributed by atoms with E-state index in [0.29, 0.717) is 40.5 Å². The zero-order chi connectivity index (χ0) is 23.4. The van der Waals surface area contributed by atoms with Gasteiger partial charge in [0.2, 0.25) is 11.1 Å². The Kier molecular flexibility index (Phi) is 8.10. The monoisotopic (exact) mass is 524 g/mol. The number of carbonyl (C=O) groups is 1. The lowest BCUT2D eigenvalue weighted by Crippen LogP contribution is -2.30. The Hall–Kier alpha value is -2.20. The summed E-state index contributed by atoms with van der Waals surface area (Å²) in [6.07, 6.45) is 0.760. The van der Waals surface area contributed by atoms with Crippen molar-refractivity contribution in [2.45, 2.75) is 58.3 Å². The molecule has 1 aromatic heterocycles. The average molecular weight is 525 g/mol. The number of carbonyl (C=O) groups excluding carboxylic acids is 1. The van der Waals surface area contributed by atoms with Crippen molar-refractivity contribution in [3.05, 3.63) is 33.4 Å². The van der Waals surface area contributed by atoms with Crippen LogP contribution in [0.4, 0.5) is 5.95 Å². The molecule has 0 saturated carbocycles. The molecule has 0 aliphatic carbocycles. The van der Waals surface area contributed by atoms with Gasteiger partial charge in [-0.05, 0) is 67.7 Å². The normalized spacial score (nSPS) is 15.4. The van der Waals surface area contributed by atoms with E-state index in [1.165, 1.54) is 0 Å². The van der Waals surface area contributed by atoms with E-state index in [-0.39, 0.29) is 6.10 Å². The first-order valence-corrected chi connectivity index (χ1v) is 12.4. The molecule has 0 spiro atoms. The number of nitrogens with one attached hydrogen (secondary N) is 1. The Morgan fingerprint density at radius 1 is 1.34 bits per heavy atom. The van der Waals surface area contributed by atoms with Gasteiger partial charge in [-0.1, -0.05) is 18.7 Å². The summed E-state index contributed by atoms with van der Waals surface area (Å²) in [5.41, 5.74) is 1.95. The minimum atomic E-state index is -0.540. The quantitative estimate of drug-likeness (QED) is 0.354. The summed E-state index contributed by atoms with van der Waals surface area (Å²) >= 11 is 5.18. The van der Waals surface area contributed by atoms with Gasteiger partial charge in [-0.15, -0.1) is 5.10 Å². The first-order valence-electron chi connectivity index (χ1n) is 10.6. The number of anilines is 1. The van der Waals surface area contributed by atoms with E-state index in [1.54, 1.807) is 23.6 Å². The van der Waals surface area contributed by atoms with Crippen LogP contribution >= 0.6 is 27.7 Å². The molecule has 1 atom stereocenters. The number of nitrogens with zero attached hydrogens (tertiary/aromatic N) is 3. The average Bonchev–Trinajstić information content (AvgIpc) is 3.14. The molecule has 32 heavy (non-hydrogen) atoms. The highest BCUT2D eigenvalue weighted by atomic mass is 79.9. The number of allylic oxidation sites excluding steroid dienone is 1. The topological polar surface area (TPSA) is 87.5 Å². The van der Waals surface area contributed by atoms with E-state index in [1.807, 2.05) is 39.8 Å². The molecule has 8 nitrogen and oxygen atoms in total. The first-order chi connectivity index (χ1) is 15.3. The van der Waals surface area contributed by atoms with Crippen molar-refractivity contribution in [3.63, 3.8) is 0 Å². The molecule has 3 rings (SSSR count). The second-order valence-corrected chi connectivity index (χ2v) is 9.41. The van der Waals surface area contributed by atoms with Crippen molar-refractivity contribution in [3.8, 4) is 11.5 Å². The molecule has 0 amide bonds. The third kappa shape index (κ3) is 5.06. The fraction of sp³-hybridized carbons (Fsp3) is 0.500. The van der Waals surface area contributed by atoms with Gasteiger partial charge >= 0.3 is 5.97 Å². The van der Waals surface area contributed by atoms with E-state index in [9.17, 15) is 4.79 Å². The van der Waals surface area contributed by atoms with Gasteiger partial charge in [0.05, 0.1) is 29.9 Å². The lowest BCUT2D eigenvalue weighted by Gasteiger charge is -2.29. The zero-order valence-corrected chi connectivity index (χ0v) is 21.6. The number of ether oxygens (including phenoxy) is 3. The molecule has 1 unspecified atom stereocenters. The van der Waals surface area contributed by atoms with Crippen LogP contribution in [0.15, 0.2) is 33.0 Å². The molecule has 0 fully saturated rings. The van der Waals surface area contributed by atoms with Gasteiger partial charge in [0.25, 0.3) is 0 Å². The predicted molar refractivity (Wildman–Crippen MR) is 129 cm³/mol. The number of esters is 1. The SMILES string of the molecule is CCCSc1nc2n(n1)C(c1cc(Br)c(OCC)c(OC)c1)C(C(=O)OC(C)C)=C(C)N2. The number of methoxy groups -OCH3 is 1. The summed E-state index contributed by atoms with van der Waals surface area (Å²) in [6, 6.07) is 3.25. The summed E-state index contributed by atoms with van der Waals surface area (Å²) in [7, 11) is 1.59. The molecule has 1 aliphatic rings. The maximum absolute atomic E-state index is 13.1. The second kappa shape index (κ2) is 10.6. The second-order valence-electron chi connectivity index (χ2n) is 7.50. The molecule has 10 heteroatoms. The highest BCUT2D eigenvalue weighted by Gasteiger charge is 2.36. The number of halogens is 1. The Morgan fingerprint density at radius 3 is 2.72 bits per heavy atom. The van der Waals surface area contributed by atoms with Crippen LogP contribution < -0.4 is 14.8 Å². The summed E-state index contributed by atoms with van der Waals surface area (Å²) in [4.78, 5) is 17.8. The van der Waals surface area contributed by atoms with Gasteiger partial charge in [-0.3, -0.25) is 0 Å². The Labute approximate surface area is 201 Å². The number of hydrogen-bond donors (Lipinski definition) is 1. The van der Waals surface area contributed by atoms with Gasteiger partial charge in [0.15, 0.2) is 11.5 Å². The Morgan fingerprint density at radius 2 is 2.09 bits per heavy atom. The van der Waals surface area contributed by atoms with Crippen LogP contribution in [0.1, 0.15) is 52.6 Å². The number of aromatic nitrogens is 3. The molecule has 1 aromatic carbocycles. The molecule has 174 valence electrons. The summed E-state index contributed by atoms with van der Waals surface area (Å²) in [6.45, 7) is 10.0. The molecule has 2 heterocycles. The molecule has 1 aliphatic heterocycles. The van der Waals surface area contributed by atoms with E-state index in [0.717, 1.165) is 22.2 Å². The van der Waals surface area contributed by atoms with Crippen molar-refractivity contribution < 1.29 is 19.0 Å². The number of thioether (sulfide) groups is 1. The summed E-state index contributed by atoms with van der Waals surface area (Å²) < 4.78 is 19.4. The number of hydrogen-bond acceptors (Lipinski definition) is 8. The Balaban J connectivity index is 2.17. The minimum Gasteiger partial charge on any atom is -0.493 e. The van der Waals surface area contributed by atoms with Crippen molar-refractivity contribution in [2.24, 2.45) is 0 Å². The molecular formula is C22H29BrN4O4S. The van der Waals surface area contributed by atoms with E-state index in [2.05, 4.69) is 33.2 Å². The largest absolute Gasteiger partial charge is 0.493 e.